The smallest absolute Gasteiger partial charge is 0.270 e. The Labute approximate surface area is 127 Å². The predicted octanol–water partition coefficient (Wildman–Crippen LogP) is 3.88. The Morgan fingerprint density at radius 2 is 2.25 bits per heavy atom. The third-order valence-electron chi connectivity index (χ3n) is 3.63. The topological polar surface area (TPSA) is 46.3 Å². The maximum atomic E-state index is 12.8. The van der Waals surface area contributed by atoms with Gasteiger partial charge in [-0.2, -0.15) is 0 Å². The summed E-state index contributed by atoms with van der Waals surface area (Å²) in [7, 11) is 0. The third kappa shape index (κ3) is 2.00. The van der Waals surface area contributed by atoms with Crippen LogP contribution < -0.4 is 10.6 Å². The van der Waals surface area contributed by atoms with E-state index in [0.717, 1.165) is 28.9 Å². The molecule has 1 amide bonds. The molecule has 2 aromatic rings. The molecule has 104 valence electrons. The lowest BCUT2D eigenvalue weighted by molar-refractivity contribution is 0.0985. The van der Waals surface area contributed by atoms with E-state index in [1.165, 1.54) is 11.3 Å². The minimum absolute atomic E-state index is 0.0240. The number of hydrogen-bond donors (Lipinski definition) is 1. The molecule has 1 aromatic heterocycles. The fourth-order valence-electron chi connectivity index (χ4n) is 2.64. The summed E-state index contributed by atoms with van der Waals surface area (Å²) in [5.41, 5.74) is 9.56. The van der Waals surface area contributed by atoms with E-state index in [1.807, 2.05) is 42.3 Å². The number of carbonyl (C=O) groups excluding carboxylic acids is 1. The van der Waals surface area contributed by atoms with Crippen molar-refractivity contribution in [3.8, 4) is 0 Å². The van der Waals surface area contributed by atoms with Gasteiger partial charge in [-0.25, -0.2) is 0 Å². The Bertz CT molecular complexity index is 695. The number of aryl methyl sites for hydroxylation is 1. The van der Waals surface area contributed by atoms with Crippen molar-refractivity contribution in [2.24, 2.45) is 0 Å². The number of fused-ring (bicyclic) bond motifs is 1. The zero-order chi connectivity index (χ0) is 14.4. The maximum absolute atomic E-state index is 12.8. The molecule has 0 aliphatic carbocycles. The van der Waals surface area contributed by atoms with Crippen LogP contribution in [0.5, 0.6) is 0 Å². The van der Waals surface area contributed by atoms with E-state index in [0.29, 0.717) is 9.90 Å². The number of thiophene rings is 1. The molecule has 1 aliphatic rings. The first-order chi connectivity index (χ1) is 9.49. The highest BCUT2D eigenvalue weighted by molar-refractivity contribution is 7.13. The number of anilines is 2. The quantitative estimate of drug-likeness (QED) is 0.813. The van der Waals surface area contributed by atoms with Crippen molar-refractivity contribution in [2.45, 2.75) is 26.3 Å². The summed E-state index contributed by atoms with van der Waals surface area (Å²) in [4.78, 5) is 15.2. The first-order valence-electron chi connectivity index (χ1n) is 6.44. The molecule has 0 saturated heterocycles. The van der Waals surface area contributed by atoms with Crippen LogP contribution in [0.2, 0.25) is 5.02 Å². The van der Waals surface area contributed by atoms with Crippen LogP contribution in [-0.4, -0.2) is 11.9 Å². The van der Waals surface area contributed by atoms with Crippen molar-refractivity contribution in [3.05, 3.63) is 44.6 Å². The van der Waals surface area contributed by atoms with Gasteiger partial charge in [-0.15, -0.1) is 11.3 Å². The zero-order valence-electron chi connectivity index (χ0n) is 11.3. The van der Waals surface area contributed by atoms with Crippen molar-refractivity contribution in [2.75, 3.05) is 10.6 Å². The van der Waals surface area contributed by atoms with E-state index in [4.69, 9.17) is 17.3 Å². The van der Waals surface area contributed by atoms with Crippen molar-refractivity contribution in [1.82, 2.24) is 0 Å². The molecule has 3 nitrogen and oxygen atoms in total. The number of rotatable bonds is 1. The number of nitrogen functional groups attached to an aromatic ring is 1. The van der Waals surface area contributed by atoms with Gasteiger partial charge in [-0.1, -0.05) is 11.6 Å². The van der Waals surface area contributed by atoms with Crippen LogP contribution in [0.15, 0.2) is 23.6 Å². The van der Waals surface area contributed by atoms with Gasteiger partial charge in [0.05, 0.1) is 5.02 Å². The monoisotopic (exact) mass is 306 g/mol. The zero-order valence-corrected chi connectivity index (χ0v) is 12.9. The second-order valence-electron chi connectivity index (χ2n) is 5.18. The fourth-order valence-corrected chi connectivity index (χ4v) is 3.85. The number of hydrogen-bond acceptors (Lipinski definition) is 3. The number of nitrogens with zero attached hydrogens (tertiary/aromatic N) is 1. The van der Waals surface area contributed by atoms with Gasteiger partial charge in [0.2, 0.25) is 0 Å². The third-order valence-corrected chi connectivity index (χ3v) is 5.32. The maximum Gasteiger partial charge on any atom is 0.270 e. The van der Waals surface area contributed by atoms with Gasteiger partial charge < -0.3 is 10.6 Å². The van der Waals surface area contributed by atoms with Crippen molar-refractivity contribution < 1.29 is 4.79 Å². The molecule has 0 spiro atoms. The lowest BCUT2D eigenvalue weighted by Crippen LogP contribution is -2.35. The molecule has 2 heterocycles. The number of carbonyl (C=O) groups is 1. The summed E-state index contributed by atoms with van der Waals surface area (Å²) in [6.07, 6.45) is 0.827. The van der Waals surface area contributed by atoms with Crippen LogP contribution in [0.1, 0.15) is 27.7 Å². The average molecular weight is 307 g/mol. The van der Waals surface area contributed by atoms with E-state index >= 15 is 0 Å². The van der Waals surface area contributed by atoms with Crippen molar-refractivity contribution in [3.63, 3.8) is 0 Å². The second kappa shape index (κ2) is 4.79. The van der Waals surface area contributed by atoms with E-state index in [1.54, 1.807) is 0 Å². The average Bonchev–Trinajstić information content (AvgIpc) is 2.89. The molecule has 5 heteroatoms. The molecule has 0 radical (unpaired) electrons. The largest absolute Gasteiger partial charge is 0.399 e. The van der Waals surface area contributed by atoms with Gasteiger partial charge in [0.1, 0.15) is 4.88 Å². The lowest BCUT2D eigenvalue weighted by Gasteiger charge is -2.22. The standard InChI is InChI=1S/C15H15ClN2OS/c1-8-7-20-14(13(8)16)15(19)18-9(2)5-10-6-11(17)3-4-12(10)18/h3-4,6-7,9H,5,17H2,1-2H3. The van der Waals surface area contributed by atoms with Crippen molar-refractivity contribution in [1.29, 1.82) is 0 Å². The van der Waals surface area contributed by atoms with E-state index in [2.05, 4.69) is 0 Å². The highest BCUT2D eigenvalue weighted by atomic mass is 35.5. The van der Waals surface area contributed by atoms with Crippen LogP contribution in [0.25, 0.3) is 0 Å². The predicted molar refractivity (Wildman–Crippen MR) is 84.9 cm³/mol. The SMILES string of the molecule is Cc1csc(C(=O)N2c3ccc(N)cc3CC2C)c1Cl. The van der Waals surface area contributed by atoms with Crippen LogP contribution in [0.4, 0.5) is 11.4 Å². The summed E-state index contributed by atoms with van der Waals surface area (Å²) in [5, 5.41) is 2.48. The molecule has 1 atom stereocenters. The number of amides is 1. The molecule has 1 aliphatic heterocycles. The van der Waals surface area contributed by atoms with E-state index in [-0.39, 0.29) is 11.9 Å². The van der Waals surface area contributed by atoms with Crippen molar-refractivity contribution >= 4 is 40.2 Å². The number of benzene rings is 1. The van der Waals surface area contributed by atoms with E-state index in [9.17, 15) is 4.79 Å². The Morgan fingerprint density at radius 3 is 2.90 bits per heavy atom. The lowest BCUT2D eigenvalue weighted by atomic mass is 10.1. The normalized spacial score (nSPS) is 17.4. The molecule has 0 bridgehead atoms. The molecule has 0 fully saturated rings. The molecule has 1 aromatic carbocycles. The van der Waals surface area contributed by atoms with Gasteiger partial charge in [0, 0.05) is 17.4 Å². The van der Waals surface area contributed by atoms with E-state index < -0.39 is 0 Å². The fraction of sp³-hybridized carbons (Fsp3) is 0.267. The minimum Gasteiger partial charge on any atom is -0.399 e. The molecule has 3 rings (SSSR count). The Balaban J connectivity index is 2.03. The van der Waals surface area contributed by atoms with Gasteiger partial charge in [0.25, 0.3) is 5.91 Å². The Morgan fingerprint density at radius 1 is 1.50 bits per heavy atom. The molecule has 2 N–H and O–H groups in total. The first kappa shape index (κ1) is 13.5. The number of halogens is 1. The van der Waals surface area contributed by atoms with Gasteiger partial charge in [-0.3, -0.25) is 4.79 Å². The Hall–Kier alpha value is -1.52. The second-order valence-corrected chi connectivity index (χ2v) is 6.44. The van der Waals surface area contributed by atoms with Gasteiger partial charge >= 0.3 is 0 Å². The molecule has 20 heavy (non-hydrogen) atoms. The highest BCUT2D eigenvalue weighted by Gasteiger charge is 2.33. The van der Waals surface area contributed by atoms with Crippen LogP contribution in [0.3, 0.4) is 0 Å². The summed E-state index contributed by atoms with van der Waals surface area (Å²) in [6.45, 7) is 3.96. The van der Waals surface area contributed by atoms with Crippen LogP contribution >= 0.6 is 22.9 Å². The summed E-state index contributed by atoms with van der Waals surface area (Å²) >= 11 is 7.63. The summed E-state index contributed by atoms with van der Waals surface area (Å²) in [5.74, 6) is -0.0240. The minimum atomic E-state index is -0.0240. The first-order valence-corrected chi connectivity index (χ1v) is 7.70. The summed E-state index contributed by atoms with van der Waals surface area (Å²) in [6, 6.07) is 5.82. The van der Waals surface area contributed by atoms with Gasteiger partial charge in [0.15, 0.2) is 0 Å². The molecular weight excluding hydrogens is 292 g/mol. The molecule has 1 unspecified atom stereocenters. The van der Waals surface area contributed by atoms with Crippen LogP contribution in [0, 0.1) is 6.92 Å². The van der Waals surface area contributed by atoms with Gasteiger partial charge in [-0.05, 0) is 55.0 Å². The molecular formula is C15H15ClN2OS. The van der Waals surface area contributed by atoms with Crippen LogP contribution in [-0.2, 0) is 6.42 Å². The highest BCUT2D eigenvalue weighted by Crippen LogP contribution is 2.37. The Kier molecular flexibility index (Phi) is 3.22. The number of nitrogens with two attached hydrogens (primary N) is 1. The molecule has 0 saturated carbocycles. The summed E-state index contributed by atoms with van der Waals surface area (Å²) < 4.78 is 0.